The van der Waals surface area contributed by atoms with E-state index >= 15 is 0 Å². The molecule has 1 aliphatic heterocycles. The lowest BCUT2D eigenvalue weighted by molar-refractivity contribution is -0.132. The maximum atomic E-state index is 13.0. The average Bonchev–Trinajstić information content (AvgIpc) is 3.44. The van der Waals surface area contributed by atoms with Crippen LogP contribution in [0, 0.1) is 13.8 Å². The molecule has 29 heavy (non-hydrogen) atoms. The number of likely N-dealkylation sites (tertiary alicyclic amines) is 1. The van der Waals surface area contributed by atoms with Gasteiger partial charge in [-0.15, -0.1) is 0 Å². The summed E-state index contributed by atoms with van der Waals surface area (Å²) in [5, 5.41) is 5.55. The van der Waals surface area contributed by atoms with Crippen molar-refractivity contribution in [2.75, 3.05) is 6.54 Å². The number of H-pyrrole nitrogens is 1. The first-order valence-electron chi connectivity index (χ1n) is 10.3. The quantitative estimate of drug-likeness (QED) is 0.568. The molecule has 1 N–H and O–H groups in total. The van der Waals surface area contributed by atoms with Crippen molar-refractivity contribution in [1.29, 1.82) is 0 Å². The van der Waals surface area contributed by atoms with Crippen molar-refractivity contribution < 1.29 is 4.79 Å². The van der Waals surface area contributed by atoms with Crippen LogP contribution in [-0.2, 0) is 11.3 Å². The van der Waals surface area contributed by atoms with Gasteiger partial charge in [0.25, 0.3) is 0 Å². The first kappa shape index (κ1) is 17.9. The number of carbonyl (C=O) groups is 1. The molecule has 5 rings (SSSR count). The fraction of sp³-hybridized carbons (Fsp3) is 0.348. The molecule has 0 bridgehead atoms. The van der Waals surface area contributed by atoms with Crippen LogP contribution in [0.5, 0.6) is 0 Å². The molecule has 148 valence electrons. The molecule has 0 unspecified atom stereocenters. The summed E-state index contributed by atoms with van der Waals surface area (Å²) >= 11 is 0. The number of imidazole rings is 1. The van der Waals surface area contributed by atoms with Crippen LogP contribution in [0.15, 0.2) is 42.6 Å². The number of hydrogen-bond acceptors (Lipinski definition) is 3. The molecule has 1 saturated heterocycles. The second-order valence-electron chi connectivity index (χ2n) is 8.00. The van der Waals surface area contributed by atoms with E-state index < -0.39 is 0 Å². The van der Waals surface area contributed by atoms with Crippen molar-refractivity contribution in [3.05, 3.63) is 59.5 Å². The van der Waals surface area contributed by atoms with Crippen LogP contribution in [0.25, 0.3) is 21.9 Å². The van der Waals surface area contributed by atoms with E-state index in [0.717, 1.165) is 47.1 Å². The van der Waals surface area contributed by atoms with E-state index in [0.29, 0.717) is 13.0 Å². The van der Waals surface area contributed by atoms with E-state index in [2.05, 4.69) is 36.1 Å². The highest BCUT2D eigenvalue weighted by Crippen LogP contribution is 2.32. The Labute approximate surface area is 169 Å². The number of carbonyl (C=O) groups excluding carboxylic acids is 1. The Kier molecular flexibility index (Phi) is 4.34. The molecule has 1 aliphatic rings. The SMILES string of the molecule is Cc1cc2nc([C@H]3CCCN3C(=O)CCn3ncc4ccccc43)[nH]c2cc1C. The number of hydrogen-bond donors (Lipinski definition) is 1. The summed E-state index contributed by atoms with van der Waals surface area (Å²) in [5.41, 5.74) is 5.58. The molecule has 1 fully saturated rings. The molecule has 0 spiro atoms. The van der Waals surface area contributed by atoms with Crippen LogP contribution in [0.2, 0.25) is 0 Å². The molecule has 6 nitrogen and oxygen atoms in total. The number of benzene rings is 2. The van der Waals surface area contributed by atoms with Gasteiger partial charge < -0.3 is 9.88 Å². The van der Waals surface area contributed by atoms with Crippen molar-refractivity contribution in [2.45, 2.75) is 45.7 Å². The van der Waals surface area contributed by atoms with Crippen molar-refractivity contribution in [2.24, 2.45) is 0 Å². The number of nitrogens with zero attached hydrogens (tertiary/aromatic N) is 4. The van der Waals surface area contributed by atoms with E-state index in [4.69, 9.17) is 4.98 Å². The third-order valence-electron chi connectivity index (χ3n) is 6.09. The van der Waals surface area contributed by atoms with Gasteiger partial charge >= 0.3 is 0 Å². The van der Waals surface area contributed by atoms with Crippen LogP contribution in [0.1, 0.15) is 42.3 Å². The van der Waals surface area contributed by atoms with E-state index in [9.17, 15) is 4.79 Å². The van der Waals surface area contributed by atoms with E-state index in [1.165, 1.54) is 11.1 Å². The first-order valence-corrected chi connectivity index (χ1v) is 10.3. The lowest BCUT2D eigenvalue weighted by Gasteiger charge is -2.23. The molecule has 1 amide bonds. The molecule has 2 aromatic heterocycles. The van der Waals surface area contributed by atoms with Crippen LogP contribution < -0.4 is 0 Å². The van der Waals surface area contributed by atoms with Gasteiger partial charge in [-0.2, -0.15) is 5.10 Å². The third kappa shape index (κ3) is 3.18. The molecule has 4 aromatic rings. The van der Waals surface area contributed by atoms with E-state index in [1.54, 1.807) is 0 Å². The summed E-state index contributed by atoms with van der Waals surface area (Å²) in [6, 6.07) is 12.4. The number of aromatic nitrogens is 4. The Morgan fingerprint density at radius 3 is 2.93 bits per heavy atom. The minimum Gasteiger partial charge on any atom is -0.340 e. The lowest BCUT2D eigenvalue weighted by Crippen LogP contribution is -2.31. The van der Waals surface area contributed by atoms with Crippen molar-refractivity contribution in [3.8, 4) is 0 Å². The zero-order chi connectivity index (χ0) is 20.0. The summed E-state index contributed by atoms with van der Waals surface area (Å²) < 4.78 is 1.92. The van der Waals surface area contributed by atoms with Crippen LogP contribution in [-0.4, -0.2) is 37.1 Å². The molecule has 3 heterocycles. The summed E-state index contributed by atoms with van der Waals surface area (Å²) in [7, 11) is 0. The average molecular weight is 387 g/mol. The third-order valence-corrected chi connectivity index (χ3v) is 6.09. The normalized spacial score (nSPS) is 16.9. The lowest BCUT2D eigenvalue weighted by atomic mass is 10.1. The fourth-order valence-corrected chi connectivity index (χ4v) is 4.35. The van der Waals surface area contributed by atoms with Crippen molar-refractivity contribution in [3.63, 3.8) is 0 Å². The highest BCUT2D eigenvalue weighted by Gasteiger charge is 2.32. The van der Waals surface area contributed by atoms with Gasteiger partial charge in [0.2, 0.25) is 5.91 Å². The maximum absolute atomic E-state index is 13.0. The molecule has 0 saturated carbocycles. The highest BCUT2D eigenvalue weighted by molar-refractivity contribution is 5.80. The van der Waals surface area contributed by atoms with Gasteiger partial charge in [0.1, 0.15) is 5.82 Å². The van der Waals surface area contributed by atoms with Crippen LogP contribution in [0.3, 0.4) is 0 Å². The molecule has 0 radical (unpaired) electrons. The summed E-state index contributed by atoms with van der Waals surface area (Å²) in [4.78, 5) is 23.3. The number of aromatic amines is 1. The van der Waals surface area contributed by atoms with E-state index in [-0.39, 0.29) is 11.9 Å². The zero-order valence-electron chi connectivity index (χ0n) is 16.9. The summed E-state index contributed by atoms with van der Waals surface area (Å²) in [5.74, 6) is 1.07. The summed E-state index contributed by atoms with van der Waals surface area (Å²) in [6.45, 7) is 5.60. The van der Waals surface area contributed by atoms with Crippen molar-refractivity contribution >= 4 is 27.8 Å². The van der Waals surface area contributed by atoms with Gasteiger partial charge in [-0.1, -0.05) is 18.2 Å². The first-order chi connectivity index (χ1) is 14.1. The second kappa shape index (κ2) is 7.03. The predicted octanol–water partition coefficient (Wildman–Crippen LogP) is 4.28. The maximum Gasteiger partial charge on any atom is 0.225 e. The number of fused-ring (bicyclic) bond motifs is 2. The number of nitrogens with one attached hydrogen (secondary N) is 1. The largest absolute Gasteiger partial charge is 0.340 e. The molecule has 2 aromatic carbocycles. The molecular formula is C23H25N5O. The Morgan fingerprint density at radius 1 is 1.21 bits per heavy atom. The second-order valence-corrected chi connectivity index (χ2v) is 8.00. The highest BCUT2D eigenvalue weighted by atomic mass is 16.2. The number of rotatable bonds is 4. The minimum absolute atomic E-state index is 0.0323. The molecular weight excluding hydrogens is 362 g/mol. The zero-order valence-corrected chi connectivity index (χ0v) is 16.9. The smallest absolute Gasteiger partial charge is 0.225 e. The monoisotopic (exact) mass is 387 g/mol. The van der Waals surface area contributed by atoms with Crippen LogP contribution in [0.4, 0.5) is 0 Å². The topological polar surface area (TPSA) is 66.8 Å². The predicted molar refractivity (Wildman–Crippen MR) is 114 cm³/mol. The Hall–Kier alpha value is -3.15. The van der Waals surface area contributed by atoms with Gasteiger partial charge in [0.15, 0.2) is 0 Å². The Balaban J connectivity index is 1.34. The van der Waals surface area contributed by atoms with Gasteiger partial charge in [0.05, 0.1) is 35.3 Å². The van der Waals surface area contributed by atoms with Gasteiger partial charge in [-0.25, -0.2) is 4.98 Å². The van der Waals surface area contributed by atoms with E-state index in [1.807, 2.05) is 40.0 Å². The summed E-state index contributed by atoms with van der Waals surface area (Å²) in [6.07, 6.45) is 4.27. The number of para-hydroxylation sites is 1. The Morgan fingerprint density at radius 2 is 2.03 bits per heavy atom. The molecule has 6 heteroatoms. The van der Waals surface area contributed by atoms with Gasteiger partial charge in [-0.3, -0.25) is 9.48 Å². The minimum atomic E-state index is 0.0323. The fourth-order valence-electron chi connectivity index (χ4n) is 4.35. The van der Waals surface area contributed by atoms with Gasteiger partial charge in [0, 0.05) is 18.4 Å². The number of amides is 1. The number of aryl methyl sites for hydroxylation is 3. The van der Waals surface area contributed by atoms with Gasteiger partial charge in [-0.05, 0) is 56.0 Å². The molecule has 0 aliphatic carbocycles. The molecule has 1 atom stereocenters. The Bertz CT molecular complexity index is 1170. The van der Waals surface area contributed by atoms with Crippen molar-refractivity contribution in [1.82, 2.24) is 24.6 Å². The standard InChI is InChI=1S/C23H25N5O/c1-15-12-18-19(13-16(15)2)26-23(25-18)21-8-5-10-27(21)22(29)9-11-28-20-7-4-3-6-17(20)14-24-28/h3-4,6-7,12-14,21H,5,8-11H2,1-2H3,(H,25,26)/t21-/m1/s1. The van der Waals surface area contributed by atoms with Crippen LogP contribution >= 0.6 is 0 Å².